The molecule has 1 aromatic rings. The summed E-state index contributed by atoms with van der Waals surface area (Å²) in [5.41, 5.74) is 0.635. The maximum Gasteiger partial charge on any atom is 0.163 e. The molecule has 0 aromatic heterocycles. The Morgan fingerprint density at radius 1 is 1.60 bits per heavy atom. The summed E-state index contributed by atoms with van der Waals surface area (Å²) in [6.07, 6.45) is 0. The van der Waals surface area contributed by atoms with Crippen LogP contribution in [0.5, 0.6) is 5.75 Å². The van der Waals surface area contributed by atoms with E-state index in [-0.39, 0.29) is 11.3 Å². The maximum absolute atomic E-state index is 11.3. The number of hydrogen-bond acceptors (Lipinski definition) is 3. The number of benzene rings is 1. The standard InChI is InChI=1S/C11H10ClNO2/c1-3-15-11-8(6-13)4-9(12)5-10(11)7(2)14/h4-5H,3H2,1-2H3. The highest BCUT2D eigenvalue weighted by molar-refractivity contribution is 6.31. The SMILES string of the molecule is CCOc1c(C#N)cc(Cl)cc1C(C)=O. The first-order valence-electron chi connectivity index (χ1n) is 4.47. The number of ether oxygens (including phenoxy) is 1. The molecule has 0 saturated carbocycles. The van der Waals surface area contributed by atoms with Crippen LogP contribution in [0.3, 0.4) is 0 Å². The van der Waals surface area contributed by atoms with Gasteiger partial charge in [0.15, 0.2) is 5.78 Å². The summed E-state index contributed by atoms with van der Waals surface area (Å²) in [5, 5.41) is 9.24. The minimum absolute atomic E-state index is 0.169. The van der Waals surface area contributed by atoms with Crippen LogP contribution in [0.4, 0.5) is 0 Å². The fourth-order valence-electron chi connectivity index (χ4n) is 1.24. The van der Waals surface area contributed by atoms with Crippen LogP contribution in [0.1, 0.15) is 29.8 Å². The van der Waals surface area contributed by atoms with E-state index in [1.165, 1.54) is 19.1 Å². The second kappa shape index (κ2) is 4.81. The van der Waals surface area contributed by atoms with Crippen LogP contribution in [-0.2, 0) is 0 Å². The Balaban J connectivity index is 3.41. The monoisotopic (exact) mass is 223 g/mol. The number of hydrogen-bond donors (Lipinski definition) is 0. The Morgan fingerprint density at radius 2 is 2.27 bits per heavy atom. The minimum atomic E-state index is -0.169. The first kappa shape index (κ1) is 11.5. The quantitative estimate of drug-likeness (QED) is 0.741. The van der Waals surface area contributed by atoms with E-state index in [0.29, 0.717) is 22.9 Å². The molecular formula is C11H10ClNO2. The van der Waals surface area contributed by atoms with Crippen molar-refractivity contribution in [2.75, 3.05) is 6.61 Å². The summed E-state index contributed by atoms with van der Waals surface area (Å²) in [6, 6.07) is 4.95. The summed E-state index contributed by atoms with van der Waals surface area (Å²) in [4.78, 5) is 11.3. The number of nitriles is 1. The van der Waals surface area contributed by atoms with Crippen molar-refractivity contribution in [3.05, 3.63) is 28.3 Å². The molecule has 15 heavy (non-hydrogen) atoms. The van der Waals surface area contributed by atoms with Crippen molar-refractivity contribution in [3.8, 4) is 11.8 Å². The molecule has 0 amide bonds. The molecule has 0 bridgehead atoms. The van der Waals surface area contributed by atoms with E-state index in [2.05, 4.69) is 0 Å². The number of ketones is 1. The van der Waals surface area contributed by atoms with Gasteiger partial charge in [-0.1, -0.05) is 11.6 Å². The Kier molecular flexibility index (Phi) is 3.70. The van der Waals surface area contributed by atoms with Crippen LogP contribution in [0.25, 0.3) is 0 Å². The Hall–Kier alpha value is -1.53. The lowest BCUT2D eigenvalue weighted by molar-refractivity contribution is 0.101. The lowest BCUT2D eigenvalue weighted by atomic mass is 10.1. The highest BCUT2D eigenvalue weighted by atomic mass is 35.5. The van der Waals surface area contributed by atoms with Crippen molar-refractivity contribution in [2.45, 2.75) is 13.8 Å². The maximum atomic E-state index is 11.3. The Bertz CT molecular complexity index is 435. The molecule has 0 unspecified atom stereocenters. The van der Waals surface area contributed by atoms with E-state index >= 15 is 0 Å². The molecule has 1 aromatic carbocycles. The van der Waals surface area contributed by atoms with Gasteiger partial charge in [0.1, 0.15) is 11.8 Å². The van der Waals surface area contributed by atoms with Gasteiger partial charge in [0.05, 0.1) is 17.7 Å². The van der Waals surface area contributed by atoms with Gasteiger partial charge in [-0.25, -0.2) is 0 Å². The number of Topliss-reactive ketones (excluding diaryl/α,β-unsaturated/α-hetero) is 1. The lowest BCUT2D eigenvalue weighted by Gasteiger charge is -2.10. The van der Waals surface area contributed by atoms with Crippen molar-refractivity contribution in [3.63, 3.8) is 0 Å². The number of carbonyl (C=O) groups is 1. The van der Waals surface area contributed by atoms with Gasteiger partial charge < -0.3 is 4.74 Å². The molecule has 0 fully saturated rings. The molecule has 0 spiro atoms. The fraction of sp³-hybridized carbons (Fsp3) is 0.273. The molecule has 0 N–H and O–H groups in total. The van der Waals surface area contributed by atoms with Crippen molar-refractivity contribution in [1.82, 2.24) is 0 Å². The largest absolute Gasteiger partial charge is 0.492 e. The van der Waals surface area contributed by atoms with Crippen molar-refractivity contribution in [2.24, 2.45) is 0 Å². The normalized spacial score (nSPS) is 9.47. The molecule has 0 atom stereocenters. The zero-order chi connectivity index (χ0) is 11.4. The van der Waals surface area contributed by atoms with Crippen LogP contribution in [0.15, 0.2) is 12.1 Å². The summed E-state index contributed by atoms with van der Waals surface area (Å²) in [5.74, 6) is 0.148. The topological polar surface area (TPSA) is 50.1 Å². The molecule has 0 aliphatic carbocycles. The van der Waals surface area contributed by atoms with Crippen LogP contribution >= 0.6 is 11.6 Å². The number of rotatable bonds is 3. The summed E-state index contributed by atoms with van der Waals surface area (Å²) < 4.78 is 5.27. The summed E-state index contributed by atoms with van der Waals surface area (Å²) in [6.45, 7) is 3.60. The van der Waals surface area contributed by atoms with Gasteiger partial charge in [0.25, 0.3) is 0 Å². The number of nitrogens with zero attached hydrogens (tertiary/aromatic N) is 1. The molecule has 1 rings (SSSR count). The van der Waals surface area contributed by atoms with E-state index in [0.717, 1.165) is 0 Å². The van der Waals surface area contributed by atoms with Gasteiger partial charge >= 0.3 is 0 Å². The molecule has 0 radical (unpaired) electrons. The van der Waals surface area contributed by atoms with Gasteiger partial charge in [0, 0.05) is 5.02 Å². The first-order valence-corrected chi connectivity index (χ1v) is 4.85. The van der Waals surface area contributed by atoms with Gasteiger partial charge in [-0.15, -0.1) is 0 Å². The molecule has 0 saturated heterocycles. The fourth-order valence-corrected chi connectivity index (χ4v) is 1.46. The van der Waals surface area contributed by atoms with Crippen LogP contribution in [0, 0.1) is 11.3 Å². The zero-order valence-electron chi connectivity index (χ0n) is 8.50. The van der Waals surface area contributed by atoms with Crippen LogP contribution in [0.2, 0.25) is 5.02 Å². The Labute approximate surface area is 93.2 Å². The van der Waals surface area contributed by atoms with Gasteiger partial charge in [-0.3, -0.25) is 4.79 Å². The average Bonchev–Trinajstić information content (AvgIpc) is 2.19. The van der Waals surface area contributed by atoms with Crippen molar-refractivity contribution < 1.29 is 9.53 Å². The van der Waals surface area contributed by atoms with Gasteiger partial charge in [-0.05, 0) is 26.0 Å². The molecule has 0 aliphatic heterocycles. The van der Waals surface area contributed by atoms with E-state index in [1.54, 1.807) is 6.92 Å². The minimum Gasteiger partial charge on any atom is -0.492 e. The zero-order valence-corrected chi connectivity index (χ0v) is 9.26. The second-order valence-corrected chi connectivity index (χ2v) is 3.37. The van der Waals surface area contributed by atoms with E-state index in [4.69, 9.17) is 21.6 Å². The Morgan fingerprint density at radius 3 is 2.73 bits per heavy atom. The lowest BCUT2D eigenvalue weighted by Crippen LogP contribution is -2.03. The van der Waals surface area contributed by atoms with E-state index in [9.17, 15) is 4.79 Å². The third-order valence-electron chi connectivity index (χ3n) is 1.84. The number of halogens is 1. The molecular weight excluding hydrogens is 214 g/mol. The molecule has 4 heteroatoms. The second-order valence-electron chi connectivity index (χ2n) is 2.93. The van der Waals surface area contributed by atoms with Crippen LogP contribution < -0.4 is 4.74 Å². The predicted octanol–water partition coefficient (Wildman–Crippen LogP) is 2.81. The predicted molar refractivity (Wildman–Crippen MR) is 57.3 cm³/mol. The highest BCUT2D eigenvalue weighted by Crippen LogP contribution is 2.28. The molecule has 78 valence electrons. The van der Waals surface area contributed by atoms with E-state index < -0.39 is 0 Å². The van der Waals surface area contributed by atoms with Gasteiger partial charge in [-0.2, -0.15) is 5.26 Å². The third-order valence-corrected chi connectivity index (χ3v) is 2.06. The van der Waals surface area contributed by atoms with E-state index in [1.807, 2.05) is 6.07 Å². The summed E-state index contributed by atoms with van der Waals surface area (Å²) in [7, 11) is 0. The van der Waals surface area contributed by atoms with Gasteiger partial charge in [0.2, 0.25) is 0 Å². The summed E-state index contributed by atoms with van der Waals surface area (Å²) >= 11 is 5.79. The first-order chi connectivity index (χ1) is 7.10. The van der Waals surface area contributed by atoms with Crippen molar-refractivity contribution >= 4 is 17.4 Å². The van der Waals surface area contributed by atoms with Crippen molar-refractivity contribution in [1.29, 1.82) is 5.26 Å². The molecule has 0 aliphatic rings. The molecule has 3 nitrogen and oxygen atoms in total. The average molecular weight is 224 g/mol. The van der Waals surface area contributed by atoms with Crippen LogP contribution in [-0.4, -0.2) is 12.4 Å². The third kappa shape index (κ3) is 2.48. The highest BCUT2D eigenvalue weighted by Gasteiger charge is 2.14. The number of carbonyl (C=O) groups excluding carboxylic acids is 1. The molecule has 0 heterocycles. The smallest absolute Gasteiger partial charge is 0.163 e.